The highest BCUT2D eigenvalue weighted by Gasteiger charge is 2.33. The Morgan fingerprint density at radius 3 is 2.00 bits per heavy atom. The maximum absolute atomic E-state index is 3.39. The summed E-state index contributed by atoms with van der Waals surface area (Å²) < 4.78 is 3.11. The lowest BCUT2D eigenvalue weighted by molar-refractivity contribution is -0.726. The molecule has 0 saturated carbocycles. The maximum Gasteiger partial charge on any atom is 0.107 e. The largest absolute Gasteiger partial charge is 0.341 e. The van der Waals surface area contributed by atoms with Gasteiger partial charge in [0, 0.05) is 35.4 Å². The monoisotopic (exact) mass is 460 g/mol. The molecule has 0 bridgehead atoms. The first-order valence-corrected chi connectivity index (χ1v) is 12.3. The van der Waals surface area contributed by atoms with Gasteiger partial charge in [-0.2, -0.15) is 0 Å². The van der Waals surface area contributed by atoms with E-state index in [4.69, 9.17) is 0 Å². The summed E-state index contributed by atoms with van der Waals surface area (Å²) in [6.45, 7) is 3.62. The molecule has 0 aromatic carbocycles. The van der Waals surface area contributed by atoms with Crippen LogP contribution in [-0.4, -0.2) is 12.1 Å². The molecule has 1 aliphatic rings. The predicted molar refractivity (Wildman–Crippen MR) is 120 cm³/mol. The molecule has 0 aliphatic carbocycles. The Labute approximate surface area is 172 Å². The van der Waals surface area contributed by atoms with E-state index >= 15 is 0 Å². The Balaban J connectivity index is 2.03. The van der Waals surface area contributed by atoms with Gasteiger partial charge < -0.3 is 5.32 Å². The van der Waals surface area contributed by atoms with E-state index < -0.39 is 0 Å². The van der Waals surface area contributed by atoms with Gasteiger partial charge in [0.05, 0.1) is 13.0 Å². The number of hydrogen-bond acceptors (Lipinski definition) is 0. The van der Waals surface area contributed by atoms with Crippen LogP contribution in [0, 0.1) is 9.85 Å². The molecule has 1 nitrogen and oxygen atoms in total. The quantitative estimate of drug-likeness (QED) is 0.168. The first-order valence-electron chi connectivity index (χ1n) is 11.3. The van der Waals surface area contributed by atoms with Crippen LogP contribution in [0.1, 0.15) is 122 Å². The Morgan fingerprint density at radius 1 is 0.800 bits per heavy atom. The lowest BCUT2D eigenvalue weighted by Gasteiger charge is -2.28. The average molecular weight is 461 g/mol. The van der Waals surface area contributed by atoms with Crippen molar-refractivity contribution in [2.45, 2.75) is 128 Å². The van der Waals surface area contributed by atoms with Gasteiger partial charge in [0.25, 0.3) is 0 Å². The van der Waals surface area contributed by atoms with Crippen LogP contribution in [0.3, 0.4) is 0 Å². The Morgan fingerprint density at radius 2 is 1.40 bits per heavy atom. The van der Waals surface area contributed by atoms with Gasteiger partial charge in [-0.3, -0.25) is 0 Å². The summed E-state index contributed by atoms with van der Waals surface area (Å²) in [5.74, 6) is 3.39. The minimum Gasteiger partial charge on any atom is -0.341 e. The van der Waals surface area contributed by atoms with Crippen molar-refractivity contribution in [3.8, 4) is 9.85 Å². The molecule has 0 radical (unpaired) electrons. The van der Waals surface area contributed by atoms with Gasteiger partial charge in [-0.15, -0.1) is 0 Å². The number of hydrogen-bond donors (Lipinski definition) is 1. The molecule has 1 fully saturated rings. The summed E-state index contributed by atoms with van der Waals surface area (Å²) in [6.07, 6.45) is 25.5. The highest BCUT2D eigenvalue weighted by Crippen LogP contribution is 2.24. The zero-order chi connectivity index (χ0) is 18.1. The van der Waals surface area contributed by atoms with Gasteiger partial charge in [-0.05, 0) is 29.6 Å². The number of nitrogens with two attached hydrogens (primary N) is 1. The van der Waals surface area contributed by atoms with Crippen molar-refractivity contribution in [2.75, 3.05) is 6.54 Å². The molecule has 25 heavy (non-hydrogen) atoms. The van der Waals surface area contributed by atoms with E-state index in [-0.39, 0.29) is 0 Å². The van der Waals surface area contributed by atoms with E-state index in [1.807, 2.05) is 0 Å². The van der Waals surface area contributed by atoms with Crippen LogP contribution in [-0.2, 0) is 0 Å². The Hall–Kier alpha value is 0.250. The molecule has 1 aliphatic heterocycles. The van der Waals surface area contributed by atoms with Gasteiger partial charge in [-0.25, -0.2) is 0 Å². The van der Waals surface area contributed by atoms with E-state index in [9.17, 15) is 0 Å². The fraction of sp³-hybridized carbons (Fsp3) is 0.913. The molecule has 1 saturated heterocycles. The second kappa shape index (κ2) is 16.4. The third-order valence-corrected chi connectivity index (χ3v) is 6.37. The second-order valence-electron chi connectivity index (χ2n) is 8.25. The predicted octanol–water partition coefficient (Wildman–Crippen LogP) is 6.74. The van der Waals surface area contributed by atoms with E-state index in [0.717, 1.165) is 6.42 Å². The summed E-state index contributed by atoms with van der Waals surface area (Å²) in [6, 6.07) is 0. The smallest absolute Gasteiger partial charge is 0.107 e. The Kier molecular flexibility index (Phi) is 15.3. The van der Waals surface area contributed by atoms with Crippen LogP contribution in [0.4, 0.5) is 0 Å². The molecule has 1 atom stereocenters. The highest BCUT2D eigenvalue weighted by atomic mass is 127. The lowest BCUT2D eigenvalue weighted by Crippen LogP contribution is -2.96. The molecule has 1 rings (SSSR count). The minimum absolute atomic E-state index is 0.452. The van der Waals surface area contributed by atoms with Crippen LogP contribution in [0.25, 0.3) is 0 Å². The topological polar surface area (TPSA) is 16.6 Å². The summed E-state index contributed by atoms with van der Waals surface area (Å²) in [5.41, 5.74) is 0.452. The number of quaternary nitrogens is 1. The normalized spacial score (nSPS) is 20.7. The van der Waals surface area contributed by atoms with Crippen molar-refractivity contribution in [3.05, 3.63) is 0 Å². The number of halogens is 1. The van der Waals surface area contributed by atoms with Gasteiger partial charge in [0.2, 0.25) is 0 Å². The van der Waals surface area contributed by atoms with E-state index in [1.165, 1.54) is 116 Å². The van der Waals surface area contributed by atoms with Gasteiger partial charge >= 0.3 is 0 Å². The van der Waals surface area contributed by atoms with Crippen LogP contribution in [0.2, 0.25) is 0 Å². The van der Waals surface area contributed by atoms with Crippen molar-refractivity contribution in [1.29, 1.82) is 0 Å². The molecule has 2 N–H and O–H groups in total. The fourth-order valence-corrected chi connectivity index (χ4v) is 4.50. The second-order valence-corrected chi connectivity index (χ2v) is 8.79. The van der Waals surface area contributed by atoms with Crippen LogP contribution in [0.5, 0.6) is 0 Å². The van der Waals surface area contributed by atoms with Gasteiger partial charge in [0.15, 0.2) is 0 Å². The molecular formula is C23H43IN+. The maximum atomic E-state index is 3.39. The van der Waals surface area contributed by atoms with Crippen LogP contribution >= 0.6 is 22.6 Å². The lowest BCUT2D eigenvalue weighted by atomic mass is 9.84. The summed E-state index contributed by atoms with van der Waals surface area (Å²) in [7, 11) is 0. The molecule has 0 amide bonds. The van der Waals surface area contributed by atoms with E-state index in [0.29, 0.717) is 5.54 Å². The zero-order valence-electron chi connectivity index (χ0n) is 16.9. The van der Waals surface area contributed by atoms with Crippen LogP contribution in [0.15, 0.2) is 0 Å². The molecule has 1 unspecified atom stereocenters. The first kappa shape index (κ1) is 23.3. The summed E-state index contributed by atoms with van der Waals surface area (Å²) >= 11 is 2.20. The number of unbranched alkanes of at least 4 members (excludes halogenated alkanes) is 11. The minimum atomic E-state index is 0.452. The third kappa shape index (κ3) is 12.3. The van der Waals surface area contributed by atoms with Crippen molar-refractivity contribution in [2.24, 2.45) is 0 Å². The van der Waals surface area contributed by atoms with E-state index in [1.54, 1.807) is 0 Å². The average Bonchev–Trinajstić information content (AvgIpc) is 2.87. The molecule has 0 spiro atoms. The van der Waals surface area contributed by atoms with Gasteiger partial charge in [0.1, 0.15) is 5.54 Å². The van der Waals surface area contributed by atoms with Gasteiger partial charge in [-0.1, -0.05) is 83.5 Å². The molecule has 0 aromatic rings. The van der Waals surface area contributed by atoms with Crippen molar-refractivity contribution < 1.29 is 5.32 Å². The van der Waals surface area contributed by atoms with Crippen molar-refractivity contribution >= 4 is 22.6 Å². The molecule has 0 aromatic heterocycles. The number of rotatable bonds is 14. The first-order chi connectivity index (χ1) is 12.3. The molecule has 146 valence electrons. The standard InChI is InChI=1S/C23H42IN/c1-2-3-4-5-6-7-8-9-10-11-12-14-18-23(20-17-21-24)19-15-13-16-22-25-23/h25H,2-16,18-20,22H2,1H3/p+1. The van der Waals surface area contributed by atoms with E-state index in [2.05, 4.69) is 44.7 Å². The SMILES string of the molecule is CCCCCCCCCCCCCCC1(CC#CI)CCCCC[NH2+]1. The summed E-state index contributed by atoms with van der Waals surface area (Å²) in [4.78, 5) is 0. The molecule has 1 heterocycles. The fourth-order valence-electron chi connectivity index (χ4n) is 4.31. The van der Waals surface area contributed by atoms with Crippen molar-refractivity contribution in [1.82, 2.24) is 0 Å². The third-order valence-electron chi connectivity index (χ3n) is 5.99. The highest BCUT2D eigenvalue weighted by molar-refractivity contribution is 14.1. The molecule has 2 heteroatoms. The summed E-state index contributed by atoms with van der Waals surface area (Å²) in [5, 5.41) is 2.65. The van der Waals surface area contributed by atoms with Crippen LogP contribution < -0.4 is 5.32 Å². The Bertz CT molecular complexity index is 347. The molecular weight excluding hydrogens is 417 g/mol. The van der Waals surface area contributed by atoms with Crippen molar-refractivity contribution in [3.63, 3.8) is 0 Å². The zero-order valence-corrected chi connectivity index (χ0v) is 19.0.